The Balaban J connectivity index is 2.52. The molecule has 1 atom stereocenters. The van der Waals surface area contributed by atoms with Crippen LogP contribution in [0.15, 0.2) is 48.2 Å². The van der Waals surface area contributed by atoms with Crippen LogP contribution in [0.2, 0.25) is 0 Å². The van der Waals surface area contributed by atoms with Gasteiger partial charge in [0.05, 0.1) is 0 Å². The second kappa shape index (κ2) is 5.75. The molecule has 0 bridgehead atoms. The Morgan fingerprint density at radius 2 is 1.85 bits per heavy atom. The molecule has 0 saturated carbocycles. The number of aryl methyl sites for hydroxylation is 1. The van der Waals surface area contributed by atoms with Crippen molar-refractivity contribution in [3.63, 3.8) is 0 Å². The van der Waals surface area contributed by atoms with Gasteiger partial charge in [0.2, 0.25) is 0 Å². The minimum Gasteiger partial charge on any atom is -0.616 e. The molecule has 0 aliphatic carbocycles. The molecular weight excluding hydrogens is 274 g/mol. The molecule has 0 spiro atoms. The molecule has 106 valence electrons. The zero-order valence-corrected chi connectivity index (χ0v) is 12.4. The highest BCUT2D eigenvalue weighted by Gasteiger charge is 2.30. The lowest BCUT2D eigenvalue weighted by Crippen LogP contribution is -2.46. The summed E-state index contributed by atoms with van der Waals surface area (Å²) in [5.41, 5.74) is 2.00. The van der Waals surface area contributed by atoms with Crippen molar-refractivity contribution in [1.29, 1.82) is 0 Å². The fraction of sp³-hybridized carbons (Fsp3) is 0.267. The van der Waals surface area contributed by atoms with Gasteiger partial charge in [0, 0.05) is 17.7 Å². The van der Waals surface area contributed by atoms with Crippen LogP contribution in [-0.2, 0) is 16.7 Å². The fourth-order valence-corrected chi connectivity index (χ4v) is 3.05. The van der Waals surface area contributed by atoms with Crippen molar-refractivity contribution in [2.45, 2.75) is 26.7 Å². The minimum absolute atomic E-state index is 0.157. The van der Waals surface area contributed by atoms with E-state index in [-0.39, 0.29) is 4.99 Å². The number of hydroxylamine groups is 2. The molecule has 1 aliphatic heterocycles. The number of rotatable bonds is 3. The molecule has 20 heavy (non-hydrogen) atoms. The fourth-order valence-electron chi connectivity index (χ4n) is 2.33. The third-order valence-electron chi connectivity index (χ3n) is 3.30. The molecule has 0 radical (unpaired) electrons. The third-order valence-corrected chi connectivity index (χ3v) is 4.21. The second-order valence-corrected chi connectivity index (χ2v) is 5.66. The maximum atomic E-state index is 13.0. The standard InChI is InChI=1S/C15H17NO3S/c1-3-5-13-7-9-14(10-8-13)16(17)11-4-6-12(2)15(16)20(18)19/h4,6-11H,3,5H2,1-2H3. The molecule has 1 aliphatic rings. The monoisotopic (exact) mass is 291 g/mol. The lowest BCUT2D eigenvalue weighted by Gasteiger charge is -2.38. The van der Waals surface area contributed by atoms with Crippen LogP contribution in [0.4, 0.5) is 5.69 Å². The summed E-state index contributed by atoms with van der Waals surface area (Å²) in [6, 6.07) is 7.16. The maximum Gasteiger partial charge on any atom is 0.277 e. The highest BCUT2D eigenvalue weighted by Crippen LogP contribution is 2.29. The van der Waals surface area contributed by atoms with Crippen LogP contribution >= 0.6 is 0 Å². The minimum atomic E-state index is -2.55. The molecule has 0 fully saturated rings. The SMILES string of the molecule is CCCc1ccc([N+]2([O-])C=CC=C(C)C2=S(=O)=O)cc1. The molecule has 4 nitrogen and oxygen atoms in total. The Morgan fingerprint density at radius 3 is 2.40 bits per heavy atom. The Kier molecular flexibility index (Phi) is 4.23. The molecule has 0 N–H and O–H groups in total. The van der Waals surface area contributed by atoms with Gasteiger partial charge in [-0.25, -0.2) is 0 Å². The quantitative estimate of drug-likeness (QED) is 0.489. The molecule has 1 unspecified atom stereocenters. The normalized spacial score (nSPS) is 21.8. The van der Waals surface area contributed by atoms with Crippen LogP contribution in [0, 0.1) is 5.21 Å². The zero-order chi connectivity index (χ0) is 14.8. The van der Waals surface area contributed by atoms with Gasteiger partial charge >= 0.3 is 0 Å². The molecular formula is C15H17NO3S. The van der Waals surface area contributed by atoms with E-state index in [4.69, 9.17) is 0 Å². The van der Waals surface area contributed by atoms with Gasteiger partial charge in [-0.3, -0.25) is 4.65 Å². The molecule has 0 saturated heterocycles. The zero-order valence-electron chi connectivity index (χ0n) is 11.5. The van der Waals surface area contributed by atoms with Gasteiger partial charge in [-0.2, -0.15) is 8.42 Å². The van der Waals surface area contributed by atoms with Gasteiger partial charge in [-0.15, -0.1) is 0 Å². The van der Waals surface area contributed by atoms with Gasteiger partial charge < -0.3 is 5.21 Å². The third kappa shape index (κ3) is 2.60. The highest BCUT2D eigenvalue weighted by molar-refractivity contribution is 7.73. The lowest BCUT2D eigenvalue weighted by atomic mass is 10.1. The predicted molar refractivity (Wildman–Crippen MR) is 82.4 cm³/mol. The Bertz CT molecular complexity index is 691. The van der Waals surface area contributed by atoms with E-state index in [1.807, 2.05) is 12.1 Å². The van der Waals surface area contributed by atoms with Crippen molar-refractivity contribution in [3.8, 4) is 0 Å². The average molecular weight is 291 g/mol. The summed E-state index contributed by atoms with van der Waals surface area (Å²) < 4.78 is 21.7. The van der Waals surface area contributed by atoms with E-state index in [9.17, 15) is 13.6 Å². The summed E-state index contributed by atoms with van der Waals surface area (Å²) in [7, 11) is -2.55. The Morgan fingerprint density at radius 1 is 1.20 bits per heavy atom. The van der Waals surface area contributed by atoms with Crippen molar-refractivity contribution in [1.82, 2.24) is 4.65 Å². The average Bonchev–Trinajstić information content (AvgIpc) is 2.39. The first kappa shape index (κ1) is 14.7. The largest absolute Gasteiger partial charge is 0.616 e. The van der Waals surface area contributed by atoms with E-state index in [2.05, 4.69) is 6.92 Å². The number of quaternary nitrogens is 1. The smallest absolute Gasteiger partial charge is 0.277 e. The molecule has 1 heterocycles. The summed E-state index contributed by atoms with van der Waals surface area (Å²) in [5.74, 6) is 0. The first-order valence-corrected chi connectivity index (χ1v) is 7.59. The topological polar surface area (TPSA) is 57.2 Å². The number of hydrogen-bond acceptors (Lipinski definition) is 3. The van der Waals surface area contributed by atoms with E-state index < -0.39 is 14.9 Å². The van der Waals surface area contributed by atoms with Crippen molar-refractivity contribution in [2.24, 2.45) is 0 Å². The number of benzene rings is 1. The Labute approximate surface area is 120 Å². The van der Waals surface area contributed by atoms with Crippen LogP contribution in [0.25, 0.3) is 0 Å². The van der Waals surface area contributed by atoms with Crippen molar-refractivity contribution >= 4 is 21.0 Å². The van der Waals surface area contributed by atoms with Crippen LogP contribution in [-0.4, -0.2) is 13.4 Å². The number of nitrogens with zero attached hydrogens (tertiary/aromatic N) is 1. The van der Waals surface area contributed by atoms with Crippen LogP contribution in [0.1, 0.15) is 25.8 Å². The van der Waals surface area contributed by atoms with E-state index in [0.717, 1.165) is 18.4 Å². The number of hydrogen-bond donors (Lipinski definition) is 0. The van der Waals surface area contributed by atoms with Crippen LogP contribution < -0.4 is 4.65 Å². The van der Waals surface area contributed by atoms with Gasteiger partial charge in [-0.1, -0.05) is 25.5 Å². The maximum absolute atomic E-state index is 13.0. The van der Waals surface area contributed by atoms with Crippen LogP contribution in [0.3, 0.4) is 0 Å². The van der Waals surface area contributed by atoms with E-state index >= 15 is 0 Å². The summed E-state index contributed by atoms with van der Waals surface area (Å²) in [4.78, 5) is -0.157. The van der Waals surface area contributed by atoms with E-state index in [1.54, 1.807) is 31.2 Å². The van der Waals surface area contributed by atoms with Gasteiger partial charge in [-0.05, 0) is 31.1 Å². The van der Waals surface area contributed by atoms with E-state index in [0.29, 0.717) is 11.3 Å². The second-order valence-electron chi connectivity index (χ2n) is 4.81. The van der Waals surface area contributed by atoms with Crippen molar-refractivity contribution in [2.75, 3.05) is 0 Å². The first-order chi connectivity index (χ1) is 9.49. The predicted octanol–water partition coefficient (Wildman–Crippen LogP) is 2.93. The van der Waals surface area contributed by atoms with Gasteiger partial charge in [0.1, 0.15) is 11.9 Å². The van der Waals surface area contributed by atoms with Gasteiger partial charge in [0.15, 0.2) is 0 Å². The summed E-state index contributed by atoms with van der Waals surface area (Å²) in [6.07, 6.45) is 6.54. The lowest BCUT2D eigenvalue weighted by molar-refractivity contribution is 0.623. The van der Waals surface area contributed by atoms with Crippen molar-refractivity contribution < 1.29 is 8.42 Å². The van der Waals surface area contributed by atoms with Crippen molar-refractivity contribution in [3.05, 3.63) is 59.0 Å². The molecule has 5 heteroatoms. The molecule has 2 rings (SSSR count). The first-order valence-electron chi connectivity index (χ1n) is 6.51. The summed E-state index contributed by atoms with van der Waals surface area (Å²) in [5, 5.41) is 13.0. The molecule has 1 aromatic carbocycles. The molecule has 0 amide bonds. The molecule has 0 aromatic heterocycles. The Hall–Kier alpha value is -1.69. The van der Waals surface area contributed by atoms with Crippen LogP contribution in [0.5, 0.6) is 0 Å². The summed E-state index contributed by atoms with van der Waals surface area (Å²) in [6.45, 7) is 3.72. The van der Waals surface area contributed by atoms with Gasteiger partial charge in [0.25, 0.3) is 15.3 Å². The van der Waals surface area contributed by atoms with E-state index in [1.165, 1.54) is 6.20 Å². The summed E-state index contributed by atoms with van der Waals surface area (Å²) >= 11 is 0. The highest BCUT2D eigenvalue weighted by atomic mass is 32.2. The number of allylic oxidation sites excluding steroid dienone is 2. The molecule has 1 aromatic rings.